The third-order valence-electron chi connectivity index (χ3n) is 1.30. The molecule has 0 bridgehead atoms. The Morgan fingerprint density at radius 3 is 3.50 bits per heavy atom. The minimum Gasteiger partial charge on any atom is -0.360 e. The zero-order valence-corrected chi connectivity index (χ0v) is 5.20. The molecule has 0 radical (unpaired) electrons. The molecule has 1 aromatic heterocycles. The van der Waals surface area contributed by atoms with Gasteiger partial charge in [-0.2, -0.15) is 0 Å². The lowest BCUT2D eigenvalue weighted by Gasteiger charge is -1.69. The van der Waals surface area contributed by atoms with Crippen molar-refractivity contribution in [1.82, 2.24) is 4.98 Å². The van der Waals surface area contributed by atoms with Crippen LogP contribution in [0.4, 0.5) is 0 Å². The molecular weight excluding hydrogens is 126 g/mol. The summed E-state index contributed by atoms with van der Waals surface area (Å²) in [5.41, 5.74) is 0. The lowest BCUT2D eigenvalue weighted by molar-refractivity contribution is 1.13. The van der Waals surface area contributed by atoms with Crippen molar-refractivity contribution < 1.29 is 0 Å². The summed E-state index contributed by atoms with van der Waals surface area (Å²) in [6.07, 6.45) is 5.44. The highest BCUT2D eigenvalue weighted by atomic mass is 15.2. The summed E-state index contributed by atoms with van der Waals surface area (Å²) in [7, 11) is 0. The van der Waals surface area contributed by atoms with Crippen molar-refractivity contribution in [3.05, 3.63) is 29.0 Å². The molecule has 2 rings (SSSR count). The van der Waals surface area contributed by atoms with Gasteiger partial charge in [-0.3, -0.25) is 0 Å². The van der Waals surface area contributed by atoms with Gasteiger partial charge in [0.15, 0.2) is 0 Å². The van der Waals surface area contributed by atoms with Gasteiger partial charge in [-0.15, -0.1) is 10.2 Å². The van der Waals surface area contributed by atoms with Crippen molar-refractivity contribution in [3.63, 3.8) is 0 Å². The second-order valence-electron chi connectivity index (χ2n) is 1.94. The first-order valence-corrected chi connectivity index (χ1v) is 2.97. The summed E-state index contributed by atoms with van der Waals surface area (Å²) in [5.74, 6) is 2.64. The standard InChI is InChI=1S/C7H5N3/c1-2-6-7(3-5-8-6)10-9-4-1/h1-3,5,8H. The van der Waals surface area contributed by atoms with Gasteiger partial charge in [0.25, 0.3) is 0 Å². The molecule has 48 valence electrons. The second kappa shape index (κ2) is 1.97. The Bertz CT molecular complexity index is 370. The molecule has 10 heavy (non-hydrogen) atoms. The highest BCUT2D eigenvalue weighted by Crippen LogP contribution is 1.71. The van der Waals surface area contributed by atoms with Crippen molar-refractivity contribution in [2.45, 2.75) is 0 Å². The molecule has 0 aromatic carbocycles. The van der Waals surface area contributed by atoms with E-state index in [9.17, 15) is 0 Å². The maximum atomic E-state index is 3.87. The SMILES string of the molecule is C1=CC=c2[nH]ccc2=NN=1. The topological polar surface area (TPSA) is 40.5 Å². The molecule has 0 saturated carbocycles. The van der Waals surface area contributed by atoms with Gasteiger partial charge >= 0.3 is 0 Å². The van der Waals surface area contributed by atoms with Gasteiger partial charge in [0.05, 0.1) is 5.35 Å². The average molecular weight is 131 g/mol. The molecule has 0 unspecified atom stereocenters. The Labute approximate surface area is 57.1 Å². The number of hydrogen-bond donors (Lipinski definition) is 1. The number of fused-ring (bicyclic) bond motifs is 1. The molecule has 0 spiro atoms. The molecule has 0 amide bonds. The third kappa shape index (κ3) is 0.694. The van der Waals surface area contributed by atoms with Gasteiger partial charge < -0.3 is 4.98 Å². The van der Waals surface area contributed by atoms with E-state index in [2.05, 4.69) is 21.1 Å². The fourth-order valence-electron chi connectivity index (χ4n) is 0.831. The highest BCUT2D eigenvalue weighted by molar-refractivity contribution is 5.63. The van der Waals surface area contributed by atoms with Crippen LogP contribution >= 0.6 is 0 Å². The lowest BCUT2D eigenvalue weighted by Crippen LogP contribution is -2.20. The van der Waals surface area contributed by atoms with E-state index < -0.39 is 0 Å². The molecule has 1 aromatic rings. The number of rotatable bonds is 0. The smallest absolute Gasteiger partial charge is 0.111 e. The Morgan fingerprint density at radius 2 is 2.50 bits per heavy atom. The van der Waals surface area contributed by atoms with Gasteiger partial charge in [0, 0.05) is 18.1 Å². The van der Waals surface area contributed by atoms with Crippen LogP contribution in [-0.2, 0) is 0 Å². The zero-order valence-electron chi connectivity index (χ0n) is 5.20. The first-order chi connectivity index (χ1) is 4.97. The molecule has 2 heterocycles. The van der Waals surface area contributed by atoms with E-state index in [4.69, 9.17) is 0 Å². The van der Waals surface area contributed by atoms with Gasteiger partial charge in [0.2, 0.25) is 0 Å². The summed E-state index contributed by atoms with van der Waals surface area (Å²) >= 11 is 0. The van der Waals surface area contributed by atoms with Crippen LogP contribution in [0.1, 0.15) is 0 Å². The molecular formula is C7H5N3. The van der Waals surface area contributed by atoms with Crippen LogP contribution in [0.3, 0.4) is 0 Å². The molecule has 0 fully saturated rings. The fraction of sp³-hybridized carbons (Fsp3) is 0. The quantitative estimate of drug-likeness (QED) is 0.496. The zero-order chi connectivity index (χ0) is 6.81. The Hall–Kier alpha value is -1.60. The van der Waals surface area contributed by atoms with Gasteiger partial charge in [0.1, 0.15) is 5.36 Å². The number of H-pyrrole nitrogens is 1. The summed E-state index contributed by atoms with van der Waals surface area (Å²) in [6, 6.07) is 1.87. The molecule has 3 heteroatoms. The van der Waals surface area contributed by atoms with E-state index in [-0.39, 0.29) is 0 Å². The minimum absolute atomic E-state index is 0.862. The van der Waals surface area contributed by atoms with Crippen LogP contribution in [0.25, 0.3) is 6.08 Å². The summed E-state index contributed by atoms with van der Waals surface area (Å²) in [5, 5.41) is 9.36. The van der Waals surface area contributed by atoms with Crippen LogP contribution in [0, 0.1) is 0 Å². The minimum atomic E-state index is 0.862. The van der Waals surface area contributed by atoms with Crippen molar-refractivity contribution in [2.75, 3.05) is 0 Å². The van der Waals surface area contributed by atoms with Crippen molar-refractivity contribution in [3.8, 4) is 0 Å². The Kier molecular flexibility index (Phi) is 1.03. The van der Waals surface area contributed by atoms with Crippen LogP contribution in [0.5, 0.6) is 0 Å². The highest BCUT2D eigenvalue weighted by Gasteiger charge is 1.85. The van der Waals surface area contributed by atoms with Gasteiger partial charge in [-0.1, -0.05) is 0 Å². The maximum Gasteiger partial charge on any atom is 0.111 e. The average Bonchev–Trinajstić information content (AvgIpc) is 2.28. The fourth-order valence-corrected chi connectivity index (χ4v) is 0.831. The largest absolute Gasteiger partial charge is 0.360 e. The third-order valence-corrected chi connectivity index (χ3v) is 1.30. The van der Waals surface area contributed by atoms with Crippen molar-refractivity contribution in [2.24, 2.45) is 10.2 Å². The molecule has 1 N–H and O–H groups in total. The maximum absolute atomic E-state index is 3.87. The Morgan fingerprint density at radius 1 is 1.50 bits per heavy atom. The van der Waals surface area contributed by atoms with E-state index in [1.165, 1.54) is 0 Å². The summed E-state index contributed by atoms with van der Waals surface area (Å²) in [4.78, 5) is 3.02. The van der Waals surface area contributed by atoms with E-state index in [1.54, 1.807) is 6.08 Å². The molecule has 3 nitrogen and oxygen atoms in total. The van der Waals surface area contributed by atoms with Crippen molar-refractivity contribution >= 4 is 11.9 Å². The summed E-state index contributed by atoms with van der Waals surface area (Å²) < 4.78 is 0. The van der Waals surface area contributed by atoms with Crippen LogP contribution in [-0.4, -0.2) is 10.9 Å². The van der Waals surface area contributed by atoms with Crippen LogP contribution < -0.4 is 10.7 Å². The second-order valence-corrected chi connectivity index (χ2v) is 1.94. The lowest BCUT2D eigenvalue weighted by atomic mass is 10.5. The predicted molar refractivity (Wildman–Crippen MR) is 38.0 cm³/mol. The molecule has 1 aliphatic rings. The first kappa shape index (κ1) is 5.21. The van der Waals surface area contributed by atoms with E-state index in [0.717, 1.165) is 10.7 Å². The van der Waals surface area contributed by atoms with Gasteiger partial charge in [-0.05, 0) is 12.1 Å². The van der Waals surface area contributed by atoms with Crippen molar-refractivity contribution in [1.29, 1.82) is 0 Å². The molecule has 0 aliphatic carbocycles. The van der Waals surface area contributed by atoms with Crippen LogP contribution in [0.2, 0.25) is 0 Å². The molecule has 1 aliphatic heterocycles. The first-order valence-electron chi connectivity index (χ1n) is 2.97. The van der Waals surface area contributed by atoms with E-state index in [1.807, 2.05) is 18.3 Å². The van der Waals surface area contributed by atoms with E-state index >= 15 is 0 Å². The number of hydrogen-bond acceptors (Lipinski definition) is 2. The Balaban J connectivity index is 2.94. The van der Waals surface area contributed by atoms with Gasteiger partial charge in [-0.25, -0.2) is 0 Å². The number of nitrogens with zero attached hydrogens (tertiary/aromatic N) is 2. The van der Waals surface area contributed by atoms with Crippen LogP contribution in [0.15, 0.2) is 28.5 Å². The number of allylic oxidation sites excluding steroid dienone is 1. The molecule has 0 saturated heterocycles. The monoisotopic (exact) mass is 131 g/mol. The molecule has 0 atom stereocenters. The number of nitrogens with one attached hydrogen (secondary N) is 1. The predicted octanol–water partition coefficient (Wildman–Crippen LogP) is -0.431. The number of aromatic amines is 1. The normalized spacial score (nSPS) is 13.2. The number of aromatic nitrogens is 1. The summed E-state index contributed by atoms with van der Waals surface area (Å²) in [6.45, 7) is 0. The van der Waals surface area contributed by atoms with E-state index in [0.29, 0.717) is 0 Å².